The highest BCUT2D eigenvalue weighted by molar-refractivity contribution is 7.92. The van der Waals surface area contributed by atoms with E-state index < -0.39 is 34.4 Å². The molecule has 2 rings (SSSR count). The van der Waals surface area contributed by atoms with Gasteiger partial charge in [0.1, 0.15) is 6.54 Å². The van der Waals surface area contributed by atoms with Crippen LogP contribution in [0.2, 0.25) is 0 Å². The summed E-state index contributed by atoms with van der Waals surface area (Å²) in [5.74, 6) is -2.12. The molecular formula is C19H20N2O7S. The van der Waals surface area contributed by atoms with Crippen molar-refractivity contribution in [2.24, 2.45) is 0 Å². The molecule has 0 unspecified atom stereocenters. The van der Waals surface area contributed by atoms with E-state index in [0.29, 0.717) is 5.69 Å². The molecule has 0 heterocycles. The summed E-state index contributed by atoms with van der Waals surface area (Å²) in [5.41, 5.74) is 0.394. The first-order valence-electron chi connectivity index (χ1n) is 8.30. The molecule has 1 amide bonds. The van der Waals surface area contributed by atoms with Crippen LogP contribution in [-0.4, -0.2) is 53.3 Å². The predicted molar refractivity (Wildman–Crippen MR) is 106 cm³/mol. The van der Waals surface area contributed by atoms with Gasteiger partial charge in [0, 0.05) is 0 Å². The lowest BCUT2D eigenvalue weighted by atomic mass is 10.1. The summed E-state index contributed by atoms with van der Waals surface area (Å²) in [6.45, 7) is -0.536. The summed E-state index contributed by atoms with van der Waals surface area (Å²) >= 11 is 0. The summed E-state index contributed by atoms with van der Waals surface area (Å²) in [5, 5.41) is 2.46. The number of amides is 1. The van der Waals surface area contributed by atoms with Crippen LogP contribution >= 0.6 is 0 Å². The number of nitrogens with zero attached hydrogens (tertiary/aromatic N) is 1. The fourth-order valence-electron chi connectivity index (χ4n) is 2.49. The third-order valence-corrected chi connectivity index (χ3v) is 4.99. The third kappa shape index (κ3) is 5.55. The van der Waals surface area contributed by atoms with Gasteiger partial charge >= 0.3 is 11.9 Å². The summed E-state index contributed by atoms with van der Waals surface area (Å²) in [7, 11) is -1.39. The number of para-hydroxylation sites is 1. The van der Waals surface area contributed by atoms with Gasteiger partial charge in [-0.2, -0.15) is 0 Å². The molecule has 9 nitrogen and oxygen atoms in total. The van der Waals surface area contributed by atoms with Crippen molar-refractivity contribution in [1.29, 1.82) is 0 Å². The molecular weight excluding hydrogens is 400 g/mol. The summed E-state index contributed by atoms with van der Waals surface area (Å²) in [6, 6.07) is 12.0. The Bertz CT molecular complexity index is 1020. The van der Waals surface area contributed by atoms with E-state index in [4.69, 9.17) is 0 Å². The molecule has 0 aliphatic carbocycles. The standard InChI is InChI=1S/C19H20N2O7S/c1-27-18(23)13-9-10-15(19(24)28-2)16(11-13)20-17(22)12-21(29(3,25)26)14-7-5-4-6-8-14/h4-11H,12H2,1-3H3,(H,20,22). The van der Waals surface area contributed by atoms with Crippen molar-refractivity contribution in [1.82, 2.24) is 0 Å². The van der Waals surface area contributed by atoms with E-state index in [9.17, 15) is 22.8 Å². The molecule has 0 aliphatic rings. The number of hydrogen-bond acceptors (Lipinski definition) is 7. The molecule has 0 aromatic heterocycles. The first kappa shape index (κ1) is 21.9. The molecule has 0 spiro atoms. The van der Waals surface area contributed by atoms with Crippen molar-refractivity contribution >= 4 is 39.2 Å². The monoisotopic (exact) mass is 420 g/mol. The Labute approximate surface area is 168 Å². The van der Waals surface area contributed by atoms with Gasteiger partial charge in [0.05, 0.1) is 43.0 Å². The topological polar surface area (TPSA) is 119 Å². The number of hydrogen-bond donors (Lipinski definition) is 1. The molecule has 29 heavy (non-hydrogen) atoms. The summed E-state index contributed by atoms with van der Waals surface area (Å²) in [6.07, 6.45) is 0.977. The quantitative estimate of drug-likeness (QED) is 0.677. The van der Waals surface area contributed by atoms with Gasteiger partial charge in [-0.3, -0.25) is 9.10 Å². The van der Waals surface area contributed by atoms with Crippen LogP contribution in [0.4, 0.5) is 11.4 Å². The van der Waals surface area contributed by atoms with E-state index in [0.717, 1.165) is 10.6 Å². The van der Waals surface area contributed by atoms with E-state index >= 15 is 0 Å². The number of rotatable bonds is 7. The zero-order chi connectivity index (χ0) is 21.6. The van der Waals surface area contributed by atoms with Crippen LogP contribution in [0.25, 0.3) is 0 Å². The lowest BCUT2D eigenvalue weighted by molar-refractivity contribution is -0.114. The first-order valence-corrected chi connectivity index (χ1v) is 10.2. The van der Waals surface area contributed by atoms with E-state index in [1.54, 1.807) is 30.3 Å². The van der Waals surface area contributed by atoms with Crippen LogP contribution in [-0.2, 0) is 24.3 Å². The average molecular weight is 420 g/mol. The van der Waals surface area contributed by atoms with Crippen LogP contribution in [0.3, 0.4) is 0 Å². The van der Waals surface area contributed by atoms with Gasteiger partial charge in [-0.25, -0.2) is 18.0 Å². The number of carbonyl (C=O) groups is 3. The number of methoxy groups -OCH3 is 2. The molecule has 2 aromatic carbocycles. The van der Waals surface area contributed by atoms with Gasteiger partial charge < -0.3 is 14.8 Å². The van der Waals surface area contributed by atoms with E-state index in [2.05, 4.69) is 14.8 Å². The molecule has 10 heteroatoms. The van der Waals surface area contributed by atoms with Crippen molar-refractivity contribution in [2.45, 2.75) is 0 Å². The minimum Gasteiger partial charge on any atom is -0.465 e. The maximum atomic E-state index is 12.6. The lowest BCUT2D eigenvalue weighted by Crippen LogP contribution is -2.37. The molecule has 0 fully saturated rings. The van der Waals surface area contributed by atoms with Gasteiger partial charge in [0.25, 0.3) is 0 Å². The molecule has 2 aromatic rings. The van der Waals surface area contributed by atoms with Gasteiger partial charge in [-0.15, -0.1) is 0 Å². The van der Waals surface area contributed by atoms with E-state index in [-0.39, 0.29) is 16.8 Å². The summed E-state index contributed by atoms with van der Waals surface area (Å²) in [4.78, 5) is 36.3. The predicted octanol–water partition coefficient (Wildman–Crippen LogP) is 1.66. The smallest absolute Gasteiger partial charge is 0.339 e. The maximum absolute atomic E-state index is 12.6. The minimum absolute atomic E-state index is 0.000815. The van der Waals surface area contributed by atoms with Gasteiger partial charge in [0.2, 0.25) is 15.9 Å². The largest absolute Gasteiger partial charge is 0.465 e. The average Bonchev–Trinajstić information content (AvgIpc) is 2.70. The van der Waals surface area contributed by atoms with Gasteiger partial charge in [0.15, 0.2) is 0 Å². The van der Waals surface area contributed by atoms with Crippen LogP contribution in [0, 0.1) is 0 Å². The van der Waals surface area contributed by atoms with Crippen LogP contribution in [0.5, 0.6) is 0 Å². The van der Waals surface area contributed by atoms with E-state index in [1.165, 1.54) is 32.4 Å². The third-order valence-electron chi connectivity index (χ3n) is 3.85. The Kier molecular flexibility index (Phi) is 6.94. The molecule has 0 saturated carbocycles. The fourth-order valence-corrected chi connectivity index (χ4v) is 3.35. The molecule has 0 bridgehead atoms. The van der Waals surface area contributed by atoms with E-state index in [1.807, 2.05) is 0 Å². The number of nitrogens with one attached hydrogen (secondary N) is 1. The molecule has 1 N–H and O–H groups in total. The number of esters is 2. The maximum Gasteiger partial charge on any atom is 0.339 e. The SMILES string of the molecule is COC(=O)c1ccc(C(=O)OC)c(NC(=O)CN(c2ccccc2)S(C)(=O)=O)c1. The van der Waals surface area contributed by atoms with Crippen molar-refractivity contribution in [3.8, 4) is 0 Å². The van der Waals surface area contributed by atoms with Gasteiger partial charge in [-0.05, 0) is 30.3 Å². The Hall–Kier alpha value is -3.40. The second kappa shape index (κ2) is 9.20. The normalized spacial score (nSPS) is 10.7. The number of anilines is 2. The molecule has 0 aliphatic heterocycles. The molecule has 0 radical (unpaired) electrons. The number of benzene rings is 2. The summed E-state index contributed by atoms with van der Waals surface area (Å²) < 4.78 is 34.5. The zero-order valence-electron chi connectivity index (χ0n) is 16.0. The molecule has 154 valence electrons. The molecule has 0 saturated heterocycles. The zero-order valence-corrected chi connectivity index (χ0v) is 16.9. The van der Waals surface area contributed by atoms with Crippen molar-refractivity contribution < 1.29 is 32.3 Å². The Balaban J connectivity index is 2.34. The highest BCUT2D eigenvalue weighted by Gasteiger charge is 2.23. The van der Waals surface area contributed by atoms with Crippen molar-refractivity contribution in [3.63, 3.8) is 0 Å². The van der Waals surface area contributed by atoms with Crippen LogP contribution < -0.4 is 9.62 Å². The second-order valence-corrected chi connectivity index (χ2v) is 7.80. The minimum atomic E-state index is -3.76. The number of ether oxygens (including phenoxy) is 2. The Morgan fingerprint density at radius 3 is 2.14 bits per heavy atom. The lowest BCUT2D eigenvalue weighted by Gasteiger charge is -2.22. The van der Waals surface area contributed by atoms with Crippen molar-refractivity contribution in [2.75, 3.05) is 36.6 Å². The highest BCUT2D eigenvalue weighted by Crippen LogP contribution is 2.21. The van der Waals surface area contributed by atoms with Gasteiger partial charge in [-0.1, -0.05) is 18.2 Å². The van der Waals surface area contributed by atoms with Crippen molar-refractivity contribution in [3.05, 3.63) is 59.7 Å². The Morgan fingerprint density at radius 1 is 0.966 bits per heavy atom. The highest BCUT2D eigenvalue weighted by atomic mass is 32.2. The number of carbonyl (C=O) groups excluding carboxylic acids is 3. The number of sulfonamides is 1. The Morgan fingerprint density at radius 2 is 1.59 bits per heavy atom. The first-order chi connectivity index (χ1) is 13.7. The fraction of sp³-hybridized carbons (Fsp3) is 0.211. The second-order valence-electron chi connectivity index (χ2n) is 5.90. The molecule has 0 atom stereocenters. The van der Waals surface area contributed by atoms with Crippen LogP contribution in [0.1, 0.15) is 20.7 Å². The van der Waals surface area contributed by atoms with Crippen LogP contribution in [0.15, 0.2) is 48.5 Å².